The second kappa shape index (κ2) is 13.1. The lowest BCUT2D eigenvalue weighted by Crippen LogP contribution is -2.07. The summed E-state index contributed by atoms with van der Waals surface area (Å²) in [7, 11) is 0. The monoisotopic (exact) mass is 441 g/mol. The minimum absolute atomic E-state index is 0.282. The topological polar surface area (TPSA) is 83.0 Å². The summed E-state index contributed by atoms with van der Waals surface area (Å²) in [6, 6.07) is 9.82. The lowest BCUT2D eigenvalue weighted by atomic mass is 10.1. The highest BCUT2D eigenvalue weighted by Crippen LogP contribution is 2.24. The van der Waals surface area contributed by atoms with E-state index in [0.717, 1.165) is 86.7 Å². The van der Waals surface area contributed by atoms with Gasteiger partial charge in [-0.05, 0) is 62.4 Å². The number of aromatic nitrogens is 3. The molecule has 0 aliphatic rings. The van der Waals surface area contributed by atoms with Gasteiger partial charge in [-0.1, -0.05) is 30.9 Å². The average Bonchev–Trinajstić information content (AvgIpc) is 2.78. The molecule has 0 aliphatic heterocycles. The molecule has 0 radical (unpaired) electrons. The smallest absolute Gasteiger partial charge is 0.222 e. The van der Waals surface area contributed by atoms with Gasteiger partial charge in [0.1, 0.15) is 0 Å². The van der Waals surface area contributed by atoms with Crippen molar-refractivity contribution >= 4 is 34.1 Å². The third-order valence-corrected chi connectivity index (χ3v) is 5.45. The number of nitrogens with one attached hydrogen (secondary N) is 2. The van der Waals surface area contributed by atoms with Gasteiger partial charge in [-0.15, -0.1) is 0 Å². The molecule has 7 heteroatoms. The first kappa shape index (κ1) is 23.2. The maximum absolute atomic E-state index is 8.80. The number of nitrogens with zero attached hydrogens (tertiary/aromatic N) is 3. The predicted molar refractivity (Wildman–Crippen MR) is 129 cm³/mol. The van der Waals surface area contributed by atoms with Crippen LogP contribution in [-0.4, -0.2) is 39.8 Å². The molecule has 31 heavy (non-hydrogen) atoms. The molecule has 3 N–H and O–H groups in total. The van der Waals surface area contributed by atoms with Gasteiger partial charge in [-0.25, -0.2) is 9.97 Å². The van der Waals surface area contributed by atoms with Crippen molar-refractivity contribution in [2.75, 3.05) is 30.3 Å². The van der Waals surface area contributed by atoms with Gasteiger partial charge in [0.25, 0.3) is 0 Å². The number of fused-ring (bicyclic) bond motifs is 1. The quantitative estimate of drug-likeness (QED) is 0.288. The standard InChI is InChI=1S/C24H32ClN5O/c25-19-9-10-21-22(12-16-27-23(21)18-19)26-13-6-3-4-8-20-11-15-29-24(30-20)28-14-5-1-2-7-17-31/h9-12,15-16,18,31H,1-8,13-14,17H2,(H,26,27)(H,28,29,30). The highest BCUT2D eigenvalue weighted by molar-refractivity contribution is 6.31. The Balaban J connectivity index is 1.33. The van der Waals surface area contributed by atoms with Crippen LogP contribution in [0, 0.1) is 0 Å². The van der Waals surface area contributed by atoms with Crippen LogP contribution in [0.3, 0.4) is 0 Å². The van der Waals surface area contributed by atoms with Crippen molar-refractivity contribution < 1.29 is 5.11 Å². The molecule has 1 aromatic carbocycles. The van der Waals surface area contributed by atoms with Crippen LogP contribution < -0.4 is 10.6 Å². The molecular weight excluding hydrogens is 410 g/mol. The minimum Gasteiger partial charge on any atom is -0.396 e. The van der Waals surface area contributed by atoms with Crippen molar-refractivity contribution in [3.8, 4) is 0 Å². The zero-order valence-corrected chi connectivity index (χ0v) is 18.7. The van der Waals surface area contributed by atoms with Gasteiger partial charge in [0.05, 0.1) is 5.52 Å². The summed E-state index contributed by atoms with van der Waals surface area (Å²) in [4.78, 5) is 13.3. The van der Waals surface area contributed by atoms with Crippen molar-refractivity contribution in [1.29, 1.82) is 0 Å². The number of benzene rings is 1. The third kappa shape index (κ3) is 7.96. The molecule has 0 saturated carbocycles. The van der Waals surface area contributed by atoms with Crippen LogP contribution >= 0.6 is 11.6 Å². The second-order valence-corrected chi connectivity index (χ2v) is 8.13. The summed E-state index contributed by atoms with van der Waals surface area (Å²) in [5.41, 5.74) is 3.10. The molecule has 0 unspecified atom stereocenters. The van der Waals surface area contributed by atoms with E-state index >= 15 is 0 Å². The number of unbranched alkanes of at least 4 members (excludes halogenated alkanes) is 5. The number of aryl methyl sites for hydroxylation is 1. The zero-order chi connectivity index (χ0) is 21.7. The summed E-state index contributed by atoms with van der Waals surface area (Å²) in [5.74, 6) is 0.714. The number of anilines is 2. The SMILES string of the molecule is OCCCCCCNc1nccc(CCCCCNc2ccnc3cc(Cl)ccc23)n1. The Morgan fingerprint density at radius 1 is 0.806 bits per heavy atom. The van der Waals surface area contributed by atoms with E-state index in [2.05, 4.69) is 25.6 Å². The fraction of sp³-hybridized carbons (Fsp3) is 0.458. The van der Waals surface area contributed by atoms with E-state index in [0.29, 0.717) is 11.0 Å². The Hall–Kier alpha value is -2.44. The highest BCUT2D eigenvalue weighted by atomic mass is 35.5. The van der Waals surface area contributed by atoms with E-state index in [1.807, 2.05) is 42.7 Å². The van der Waals surface area contributed by atoms with Crippen LogP contribution in [0.2, 0.25) is 5.02 Å². The van der Waals surface area contributed by atoms with Gasteiger partial charge < -0.3 is 15.7 Å². The Morgan fingerprint density at radius 2 is 1.58 bits per heavy atom. The van der Waals surface area contributed by atoms with Crippen LogP contribution in [-0.2, 0) is 6.42 Å². The molecule has 0 bridgehead atoms. The van der Waals surface area contributed by atoms with Gasteiger partial charge in [0.2, 0.25) is 5.95 Å². The maximum atomic E-state index is 8.80. The summed E-state index contributed by atoms with van der Waals surface area (Å²) in [5, 5.41) is 17.4. The zero-order valence-electron chi connectivity index (χ0n) is 18.0. The summed E-state index contributed by atoms with van der Waals surface area (Å²) in [6.45, 7) is 2.08. The Bertz CT molecular complexity index is 937. The molecule has 6 nitrogen and oxygen atoms in total. The molecule has 2 aromatic heterocycles. The van der Waals surface area contributed by atoms with E-state index in [9.17, 15) is 0 Å². The van der Waals surface area contributed by atoms with Crippen LogP contribution in [0.4, 0.5) is 11.6 Å². The molecule has 3 rings (SSSR count). The number of hydrogen-bond acceptors (Lipinski definition) is 6. The summed E-state index contributed by atoms with van der Waals surface area (Å²) >= 11 is 6.06. The number of hydrogen-bond donors (Lipinski definition) is 3. The average molecular weight is 442 g/mol. The first-order valence-electron chi connectivity index (χ1n) is 11.2. The maximum Gasteiger partial charge on any atom is 0.222 e. The number of rotatable bonds is 14. The molecule has 0 aliphatic carbocycles. The van der Waals surface area contributed by atoms with Crippen LogP contribution in [0.5, 0.6) is 0 Å². The summed E-state index contributed by atoms with van der Waals surface area (Å²) in [6.07, 6.45) is 12.1. The van der Waals surface area contributed by atoms with Crippen LogP contribution in [0.15, 0.2) is 42.7 Å². The molecule has 166 valence electrons. The fourth-order valence-electron chi connectivity index (χ4n) is 3.52. The molecule has 3 aromatic rings. The molecule has 2 heterocycles. The Kier molecular flexibility index (Phi) is 9.80. The molecule has 0 fully saturated rings. The molecule has 0 amide bonds. The van der Waals surface area contributed by atoms with Gasteiger partial charge in [-0.3, -0.25) is 4.98 Å². The number of halogens is 1. The first-order chi connectivity index (χ1) is 15.3. The second-order valence-electron chi connectivity index (χ2n) is 7.69. The van der Waals surface area contributed by atoms with E-state index in [1.165, 1.54) is 0 Å². The summed E-state index contributed by atoms with van der Waals surface area (Å²) < 4.78 is 0. The highest BCUT2D eigenvalue weighted by Gasteiger charge is 2.03. The third-order valence-electron chi connectivity index (χ3n) is 5.21. The van der Waals surface area contributed by atoms with Crippen molar-refractivity contribution in [2.45, 2.75) is 51.4 Å². The van der Waals surface area contributed by atoms with Gasteiger partial charge in [-0.2, -0.15) is 0 Å². The lowest BCUT2D eigenvalue weighted by Gasteiger charge is -2.10. The number of aliphatic hydroxyl groups is 1. The molecule has 0 atom stereocenters. The molecule has 0 saturated heterocycles. The normalized spacial score (nSPS) is 11.0. The van der Waals surface area contributed by atoms with E-state index in [1.54, 1.807) is 0 Å². The Morgan fingerprint density at radius 3 is 2.45 bits per heavy atom. The van der Waals surface area contributed by atoms with Crippen LogP contribution in [0.1, 0.15) is 50.6 Å². The predicted octanol–water partition coefficient (Wildman–Crippen LogP) is 5.47. The van der Waals surface area contributed by atoms with E-state index in [4.69, 9.17) is 16.7 Å². The van der Waals surface area contributed by atoms with Crippen molar-refractivity contribution in [3.05, 3.63) is 53.4 Å². The molecule has 0 spiro atoms. The van der Waals surface area contributed by atoms with Crippen LogP contribution in [0.25, 0.3) is 10.9 Å². The Labute approximate surface area is 189 Å². The van der Waals surface area contributed by atoms with E-state index in [-0.39, 0.29) is 6.61 Å². The lowest BCUT2D eigenvalue weighted by molar-refractivity contribution is 0.283. The van der Waals surface area contributed by atoms with Crippen molar-refractivity contribution in [3.63, 3.8) is 0 Å². The largest absolute Gasteiger partial charge is 0.396 e. The van der Waals surface area contributed by atoms with E-state index < -0.39 is 0 Å². The number of aliphatic hydroxyl groups excluding tert-OH is 1. The van der Waals surface area contributed by atoms with Gasteiger partial charge in [0.15, 0.2) is 0 Å². The van der Waals surface area contributed by atoms with Crippen molar-refractivity contribution in [1.82, 2.24) is 15.0 Å². The van der Waals surface area contributed by atoms with Gasteiger partial charge in [0, 0.05) is 53.9 Å². The minimum atomic E-state index is 0.282. The molecular formula is C24H32ClN5O. The first-order valence-corrected chi connectivity index (χ1v) is 11.6. The number of pyridine rings is 1. The van der Waals surface area contributed by atoms with Gasteiger partial charge >= 0.3 is 0 Å². The fourth-order valence-corrected chi connectivity index (χ4v) is 3.68. The van der Waals surface area contributed by atoms with Crippen molar-refractivity contribution in [2.24, 2.45) is 0 Å².